The number of amides is 2. The van der Waals surface area contributed by atoms with Crippen LogP contribution in [0.1, 0.15) is 32.2 Å². The fourth-order valence-corrected chi connectivity index (χ4v) is 2.43. The highest BCUT2D eigenvalue weighted by atomic mass is 35.5. The van der Waals surface area contributed by atoms with Crippen molar-refractivity contribution < 1.29 is 14.0 Å². The van der Waals surface area contributed by atoms with Gasteiger partial charge in [-0.1, -0.05) is 0 Å². The van der Waals surface area contributed by atoms with E-state index in [1.807, 2.05) is 0 Å². The second-order valence-corrected chi connectivity index (χ2v) is 6.05. The summed E-state index contributed by atoms with van der Waals surface area (Å²) in [5, 5.41) is 20.0. The van der Waals surface area contributed by atoms with Crippen molar-refractivity contribution in [2.75, 3.05) is 10.6 Å². The molecular formula is C20H20Cl2N6O3. The number of nitrogens with one attached hydrogen (secondary N) is 4. The summed E-state index contributed by atoms with van der Waals surface area (Å²) in [7, 11) is 0. The van der Waals surface area contributed by atoms with Gasteiger partial charge in [0.25, 0.3) is 11.8 Å². The van der Waals surface area contributed by atoms with Crippen LogP contribution in [0, 0.1) is 10.8 Å². The number of hydrogen-bond donors (Lipinski definition) is 6. The van der Waals surface area contributed by atoms with Gasteiger partial charge in [0.2, 0.25) is 0 Å². The first-order valence-corrected chi connectivity index (χ1v) is 8.45. The van der Waals surface area contributed by atoms with Gasteiger partial charge in [0, 0.05) is 22.5 Å². The van der Waals surface area contributed by atoms with Crippen molar-refractivity contribution >= 4 is 59.7 Å². The summed E-state index contributed by atoms with van der Waals surface area (Å²) in [4.78, 5) is 24.6. The predicted octanol–water partition coefficient (Wildman–Crippen LogP) is 3.20. The predicted molar refractivity (Wildman–Crippen MR) is 124 cm³/mol. The van der Waals surface area contributed by atoms with Crippen LogP contribution < -0.4 is 22.1 Å². The molecule has 0 bridgehead atoms. The number of rotatable bonds is 6. The van der Waals surface area contributed by atoms with Crippen molar-refractivity contribution in [1.82, 2.24) is 0 Å². The van der Waals surface area contributed by atoms with E-state index in [1.165, 1.54) is 12.1 Å². The summed E-state index contributed by atoms with van der Waals surface area (Å²) in [5.74, 6) is -1.24. The third-order valence-corrected chi connectivity index (χ3v) is 3.96. The largest absolute Gasteiger partial charge is 0.446 e. The fourth-order valence-electron chi connectivity index (χ4n) is 2.43. The Kier molecular flexibility index (Phi) is 8.80. The average Bonchev–Trinajstić information content (AvgIpc) is 3.19. The number of carbonyl (C=O) groups excluding carboxylic acids is 2. The molecule has 31 heavy (non-hydrogen) atoms. The molecule has 0 fully saturated rings. The molecule has 0 aliphatic carbocycles. The van der Waals surface area contributed by atoms with Crippen LogP contribution in [0.15, 0.2) is 65.1 Å². The van der Waals surface area contributed by atoms with Gasteiger partial charge in [0.05, 0.1) is 0 Å². The Morgan fingerprint density at radius 1 is 0.645 bits per heavy atom. The van der Waals surface area contributed by atoms with Gasteiger partial charge in [-0.05, 0) is 60.7 Å². The highest BCUT2D eigenvalue weighted by Crippen LogP contribution is 2.16. The molecule has 3 aromatic rings. The second kappa shape index (κ2) is 10.8. The Hall–Kier alpha value is -3.82. The van der Waals surface area contributed by atoms with Crippen molar-refractivity contribution in [3.63, 3.8) is 0 Å². The zero-order valence-corrected chi connectivity index (χ0v) is 17.6. The van der Waals surface area contributed by atoms with E-state index in [0.29, 0.717) is 22.5 Å². The van der Waals surface area contributed by atoms with Crippen molar-refractivity contribution in [1.29, 1.82) is 10.8 Å². The van der Waals surface area contributed by atoms with Crippen molar-refractivity contribution in [3.05, 3.63) is 83.3 Å². The van der Waals surface area contributed by atoms with E-state index in [0.717, 1.165) is 0 Å². The van der Waals surface area contributed by atoms with E-state index >= 15 is 0 Å². The fraction of sp³-hybridized carbons (Fsp3) is 0. The standard InChI is InChI=1S/C20H18N6O3.2ClH/c21-17(22)11-1-5-13(6-2-11)25-19(27)15-9-10-16(29-15)20(28)26-14-7-3-12(4-8-14)18(23)24;;/h1-10H,(H3,21,22)(H3,23,24)(H,25,27)(H,26,28);2*1H. The first kappa shape index (κ1) is 25.2. The lowest BCUT2D eigenvalue weighted by atomic mass is 10.2. The summed E-state index contributed by atoms with van der Waals surface area (Å²) in [6, 6.07) is 15.6. The molecule has 9 nitrogen and oxygen atoms in total. The molecule has 0 saturated heterocycles. The Morgan fingerprint density at radius 3 is 1.26 bits per heavy atom. The van der Waals surface area contributed by atoms with Crippen molar-refractivity contribution in [3.8, 4) is 0 Å². The normalized spacial score (nSPS) is 9.55. The van der Waals surface area contributed by atoms with Gasteiger partial charge in [-0.25, -0.2) is 0 Å². The average molecular weight is 463 g/mol. The Bertz CT molecular complexity index is 1010. The van der Waals surface area contributed by atoms with Gasteiger partial charge < -0.3 is 26.5 Å². The summed E-state index contributed by atoms with van der Waals surface area (Å²) in [5.41, 5.74) is 12.8. The maximum absolute atomic E-state index is 12.3. The topological polar surface area (TPSA) is 171 Å². The number of amidine groups is 2. The van der Waals surface area contributed by atoms with Gasteiger partial charge >= 0.3 is 0 Å². The number of carbonyl (C=O) groups is 2. The summed E-state index contributed by atoms with van der Waals surface area (Å²) >= 11 is 0. The molecule has 2 aromatic carbocycles. The quantitative estimate of drug-likeness (QED) is 0.243. The minimum absolute atomic E-state index is 0. The van der Waals surface area contributed by atoms with Crippen LogP contribution >= 0.6 is 24.8 Å². The van der Waals surface area contributed by atoms with Crippen molar-refractivity contribution in [2.45, 2.75) is 0 Å². The number of furan rings is 1. The van der Waals surface area contributed by atoms with Crippen LogP contribution in [0.25, 0.3) is 0 Å². The van der Waals surface area contributed by atoms with E-state index < -0.39 is 11.8 Å². The minimum atomic E-state index is -0.523. The van der Waals surface area contributed by atoms with Crippen LogP contribution in [0.5, 0.6) is 0 Å². The van der Waals surface area contributed by atoms with Gasteiger partial charge in [-0.2, -0.15) is 0 Å². The molecule has 2 amide bonds. The zero-order valence-electron chi connectivity index (χ0n) is 16.0. The maximum Gasteiger partial charge on any atom is 0.291 e. The van der Waals surface area contributed by atoms with E-state index in [1.54, 1.807) is 48.5 Å². The summed E-state index contributed by atoms with van der Waals surface area (Å²) in [6.45, 7) is 0. The van der Waals surface area contributed by atoms with Crippen LogP contribution in [-0.2, 0) is 0 Å². The third kappa shape index (κ3) is 6.33. The van der Waals surface area contributed by atoms with Crippen LogP contribution in [0.2, 0.25) is 0 Å². The number of halogens is 2. The van der Waals surface area contributed by atoms with E-state index in [9.17, 15) is 9.59 Å². The second-order valence-electron chi connectivity index (χ2n) is 6.05. The smallest absolute Gasteiger partial charge is 0.291 e. The number of nitrogen functional groups attached to an aromatic ring is 2. The Morgan fingerprint density at radius 2 is 0.968 bits per heavy atom. The van der Waals surface area contributed by atoms with Gasteiger partial charge in [0.15, 0.2) is 11.5 Å². The molecular weight excluding hydrogens is 443 g/mol. The molecule has 0 unspecified atom stereocenters. The Labute approximate surface area is 190 Å². The summed E-state index contributed by atoms with van der Waals surface area (Å²) in [6.07, 6.45) is 0. The molecule has 11 heteroatoms. The number of benzene rings is 2. The third-order valence-electron chi connectivity index (χ3n) is 3.96. The van der Waals surface area contributed by atoms with Gasteiger partial charge in [-0.15, -0.1) is 24.8 Å². The molecule has 0 aliphatic heterocycles. The highest BCUT2D eigenvalue weighted by molar-refractivity contribution is 6.06. The molecule has 8 N–H and O–H groups in total. The molecule has 0 radical (unpaired) electrons. The lowest BCUT2D eigenvalue weighted by Gasteiger charge is -2.05. The number of anilines is 2. The lowest BCUT2D eigenvalue weighted by Crippen LogP contribution is -2.14. The molecule has 0 saturated carbocycles. The molecule has 0 atom stereocenters. The summed E-state index contributed by atoms with van der Waals surface area (Å²) < 4.78 is 5.34. The first-order chi connectivity index (χ1) is 13.8. The number of nitrogens with two attached hydrogens (primary N) is 2. The molecule has 1 aromatic heterocycles. The highest BCUT2D eigenvalue weighted by Gasteiger charge is 2.16. The molecule has 0 aliphatic rings. The van der Waals surface area contributed by atoms with Crippen LogP contribution in [0.4, 0.5) is 11.4 Å². The van der Waals surface area contributed by atoms with E-state index in [2.05, 4.69) is 10.6 Å². The van der Waals surface area contributed by atoms with E-state index in [-0.39, 0.29) is 48.0 Å². The lowest BCUT2D eigenvalue weighted by molar-refractivity contribution is 0.0974. The van der Waals surface area contributed by atoms with Crippen molar-refractivity contribution in [2.24, 2.45) is 11.5 Å². The SMILES string of the molecule is Cl.Cl.N=C(N)c1ccc(NC(=O)c2ccc(C(=O)Nc3ccc(C(=N)N)cc3)o2)cc1. The van der Waals surface area contributed by atoms with Gasteiger partial charge in [0.1, 0.15) is 11.7 Å². The van der Waals surface area contributed by atoms with E-state index in [4.69, 9.17) is 26.7 Å². The Balaban J connectivity index is 0.00000240. The minimum Gasteiger partial charge on any atom is -0.446 e. The van der Waals surface area contributed by atoms with Gasteiger partial charge in [-0.3, -0.25) is 20.4 Å². The maximum atomic E-state index is 12.3. The zero-order chi connectivity index (χ0) is 21.0. The number of hydrogen-bond acceptors (Lipinski definition) is 5. The van der Waals surface area contributed by atoms with Crippen LogP contribution in [-0.4, -0.2) is 23.5 Å². The van der Waals surface area contributed by atoms with Crippen LogP contribution in [0.3, 0.4) is 0 Å². The monoisotopic (exact) mass is 462 g/mol. The molecule has 1 heterocycles. The molecule has 0 spiro atoms. The molecule has 162 valence electrons. The molecule has 3 rings (SSSR count). The first-order valence-electron chi connectivity index (χ1n) is 8.45.